The van der Waals surface area contributed by atoms with E-state index in [2.05, 4.69) is 23.1 Å². The van der Waals surface area contributed by atoms with Gasteiger partial charge in [-0.05, 0) is 26.3 Å². The number of piperazine rings is 1. The molecule has 2 saturated heterocycles. The highest BCUT2D eigenvalue weighted by molar-refractivity contribution is 5.70. The van der Waals surface area contributed by atoms with Crippen molar-refractivity contribution in [3.8, 4) is 6.07 Å². The molecule has 2 fully saturated rings. The highest BCUT2D eigenvalue weighted by atomic mass is 16.6. The summed E-state index contributed by atoms with van der Waals surface area (Å²) >= 11 is 0. The molecule has 2 aliphatic heterocycles. The lowest BCUT2D eigenvalue weighted by Gasteiger charge is -2.38. The lowest BCUT2D eigenvalue weighted by Crippen LogP contribution is -2.55. The number of amides is 1. The largest absolute Gasteiger partial charge is 0.444 e. The van der Waals surface area contributed by atoms with Crippen molar-refractivity contribution < 1.29 is 9.53 Å². The summed E-state index contributed by atoms with van der Waals surface area (Å²) in [6.07, 6.45) is 0.397. The van der Waals surface area contributed by atoms with Gasteiger partial charge < -0.3 is 9.64 Å². The van der Waals surface area contributed by atoms with Gasteiger partial charge in [0.05, 0.1) is 18.7 Å². The second-order valence-electron chi connectivity index (χ2n) is 7.48. The smallest absolute Gasteiger partial charge is 0.410 e. The van der Waals surface area contributed by atoms with E-state index in [9.17, 15) is 10.1 Å². The molecule has 1 amide bonds. The lowest BCUT2D eigenvalue weighted by atomic mass is 10.0. The molecule has 122 valence electrons. The van der Waals surface area contributed by atoms with Crippen molar-refractivity contribution in [2.75, 3.05) is 13.1 Å². The number of nitriles is 1. The third kappa shape index (κ3) is 3.04. The molecular formula is C18H23N3O2. The third-order valence-corrected chi connectivity index (χ3v) is 4.53. The number of fused-ring (bicyclic) bond motifs is 2. The summed E-state index contributed by atoms with van der Waals surface area (Å²) < 4.78 is 5.48. The topological polar surface area (TPSA) is 56.6 Å². The van der Waals surface area contributed by atoms with Gasteiger partial charge in [0.2, 0.25) is 0 Å². The Bertz CT molecular complexity index is 632. The van der Waals surface area contributed by atoms with Crippen LogP contribution in [0.2, 0.25) is 0 Å². The van der Waals surface area contributed by atoms with E-state index in [1.165, 1.54) is 5.56 Å². The van der Waals surface area contributed by atoms with Crippen LogP contribution in [0.1, 0.15) is 32.8 Å². The molecule has 2 atom stereocenters. The molecule has 0 radical (unpaired) electrons. The molecule has 0 aliphatic carbocycles. The minimum atomic E-state index is -0.586. The normalized spacial score (nSPS) is 27.0. The van der Waals surface area contributed by atoms with Gasteiger partial charge in [-0.15, -0.1) is 0 Å². The van der Waals surface area contributed by atoms with Crippen LogP contribution in [0.3, 0.4) is 0 Å². The molecule has 3 rings (SSSR count). The monoisotopic (exact) mass is 313 g/mol. The SMILES string of the molecule is CC(C)(C)OC(=O)N1C[C@@]2(C#N)C[C@@H]1CN2Cc1ccccc1. The number of likely N-dealkylation sites (tertiary alicyclic amines) is 2. The Morgan fingerprint density at radius 3 is 2.70 bits per heavy atom. The molecule has 0 N–H and O–H groups in total. The predicted octanol–water partition coefficient (Wildman–Crippen LogP) is 2.77. The number of ether oxygens (including phenoxy) is 1. The van der Waals surface area contributed by atoms with Gasteiger partial charge in [-0.25, -0.2) is 4.79 Å². The first-order valence-corrected chi connectivity index (χ1v) is 8.03. The van der Waals surface area contributed by atoms with E-state index in [0.717, 1.165) is 13.1 Å². The van der Waals surface area contributed by atoms with Crippen LogP contribution in [0.4, 0.5) is 4.79 Å². The van der Waals surface area contributed by atoms with Gasteiger partial charge >= 0.3 is 6.09 Å². The van der Waals surface area contributed by atoms with E-state index in [1.807, 2.05) is 39.0 Å². The minimum Gasteiger partial charge on any atom is -0.444 e. The first kappa shape index (κ1) is 15.8. The van der Waals surface area contributed by atoms with Crippen LogP contribution in [0, 0.1) is 11.3 Å². The van der Waals surface area contributed by atoms with Crippen molar-refractivity contribution in [1.82, 2.24) is 9.80 Å². The van der Waals surface area contributed by atoms with Crippen molar-refractivity contribution in [3.63, 3.8) is 0 Å². The number of carbonyl (C=O) groups is 1. The maximum absolute atomic E-state index is 12.3. The molecule has 2 bridgehead atoms. The quantitative estimate of drug-likeness (QED) is 0.842. The molecule has 0 aromatic heterocycles. The molecule has 1 aromatic rings. The molecule has 5 nitrogen and oxygen atoms in total. The van der Waals surface area contributed by atoms with Gasteiger partial charge in [-0.2, -0.15) is 5.26 Å². The van der Waals surface area contributed by atoms with Gasteiger partial charge in [-0.1, -0.05) is 30.3 Å². The summed E-state index contributed by atoms with van der Waals surface area (Å²) in [7, 11) is 0. The number of carbonyl (C=O) groups excluding carboxylic acids is 1. The summed E-state index contributed by atoms with van der Waals surface area (Å²) in [4.78, 5) is 16.3. The molecule has 5 heteroatoms. The zero-order chi connectivity index (χ0) is 16.7. The molecule has 0 saturated carbocycles. The summed E-state index contributed by atoms with van der Waals surface area (Å²) in [6.45, 7) is 7.48. The van der Waals surface area contributed by atoms with E-state index in [0.29, 0.717) is 13.0 Å². The molecular weight excluding hydrogens is 290 g/mol. The summed E-state index contributed by atoms with van der Waals surface area (Å²) in [6, 6.07) is 12.7. The summed E-state index contributed by atoms with van der Waals surface area (Å²) in [5, 5.41) is 9.75. The van der Waals surface area contributed by atoms with Crippen molar-refractivity contribution in [2.45, 2.75) is 50.9 Å². The second kappa shape index (κ2) is 5.54. The third-order valence-electron chi connectivity index (χ3n) is 4.53. The fourth-order valence-corrected chi connectivity index (χ4v) is 3.50. The Morgan fingerprint density at radius 1 is 1.39 bits per heavy atom. The van der Waals surface area contributed by atoms with Crippen molar-refractivity contribution in [3.05, 3.63) is 35.9 Å². The van der Waals surface area contributed by atoms with Crippen LogP contribution in [-0.2, 0) is 11.3 Å². The van der Waals surface area contributed by atoms with Crippen LogP contribution in [-0.4, -0.2) is 46.2 Å². The summed E-state index contributed by atoms with van der Waals surface area (Å²) in [5.74, 6) is 0. The Hall–Kier alpha value is -2.06. The van der Waals surface area contributed by atoms with Crippen LogP contribution in [0.15, 0.2) is 30.3 Å². The van der Waals surface area contributed by atoms with Gasteiger partial charge in [0.15, 0.2) is 0 Å². The van der Waals surface area contributed by atoms with Gasteiger partial charge in [0.25, 0.3) is 0 Å². The fraction of sp³-hybridized carbons (Fsp3) is 0.556. The van der Waals surface area contributed by atoms with Gasteiger partial charge in [-0.3, -0.25) is 4.90 Å². The van der Waals surface area contributed by atoms with Gasteiger partial charge in [0.1, 0.15) is 11.1 Å². The van der Waals surface area contributed by atoms with Crippen LogP contribution < -0.4 is 0 Å². The number of hydrogen-bond acceptors (Lipinski definition) is 4. The predicted molar refractivity (Wildman–Crippen MR) is 86.5 cm³/mol. The van der Waals surface area contributed by atoms with Crippen LogP contribution >= 0.6 is 0 Å². The van der Waals surface area contributed by atoms with Crippen LogP contribution in [0.25, 0.3) is 0 Å². The minimum absolute atomic E-state index is 0.0632. The van der Waals surface area contributed by atoms with E-state index < -0.39 is 11.1 Å². The lowest BCUT2D eigenvalue weighted by molar-refractivity contribution is 0.00773. The van der Waals surface area contributed by atoms with E-state index in [-0.39, 0.29) is 12.1 Å². The molecule has 0 spiro atoms. The molecule has 1 aromatic carbocycles. The first-order valence-electron chi connectivity index (χ1n) is 8.03. The highest BCUT2D eigenvalue weighted by Crippen LogP contribution is 2.41. The van der Waals surface area contributed by atoms with E-state index in [4.69, 9.17) is 4.74 Å². The Morgan fingerprint density at radius 2 is 2.09 bits per heavy atom. The number of rotatable bonds is 2. The average molecular weight is 313 g/mol. The maximum atomic E-state index is 12.3. The average Bonchev–Trinajstić information content (AvgIpc) is 3.02. The molecule has 2 heterocycles. The number of hydrogen-bond donors (Lipinski definition) is 0. The first-order chi connectivity index (χ1) is 10.8. The van der Waals surface area contributed by atoms with Crippen LogP contribution in [0.5, 0.6) is 0 Å². The van der Waals surface area contributed by atoms with Crippen molar-refractivity contribution in [2.24, 2.45) is 0 Å². The van der Waals surface area contributed by atoms with E-state index >= 15 is 0 Å². The number of benzene rings is 1. The maximum Gasteiger partial charge on any atom is 0.410 e. The summed E-state index contributed by atoms with van der Waals surface area (Å²) in [5.41, 5.74) is 0.0957. The Labute approximate surface area is 137 Å². The zero-order valence-electron chi connectivity index (χ0n) is 14.0. The molecule has 2 aliphatic rings. The standard InChI is InChI=1S/C18H23N3O2/c1-17(2,3)23-16(22)21-13-18(12-19)9-15(21)11-20(18)10-14-7-5-4-6-8-14/h4-8,15H,9-11,13H2,1-3H3/t15-,18+/m1/s1. The Kier molecular flexibility index (Phi) is 3.81. The highest BCUT2D eigenvalue weighted by Gasteiger charge is 2.57. The van der Waals surface area contributed by atoms with E-state index in [1.54, 1.807) is 4.90 Å². The second-order valence-corrected chi connectivity index (χ2v) is 7.48. The fourth-order valence-electron chi connectivity index (χ4n) is 3.50. The number of nitrogens with zero attached hydrogens (tertiary/aromatic N) is 3. The Balaban J connectivity index is 1.72. The zero-order valence-corrected chi connectivity index (χ0v) is 14.0. The molecule has 23 heavy (non-hydrogen) atoms. The van der Waals surface area contributed by atoms with Crippen molar-refractivity contribution >= 4 is 6.09 Å². The van der Waals surface area contributed by atoms with Crippen molar-refractivity contribution in [1.29, 1.82) is 5.26 Å². The molecule has 0 unspecified atom stereocenters. The van der Waals surface area contributed by atoms with Gasteiger partial charge in [0, 0.05) is 19.5 Å².